The lowest BCUT2D eigenvalue weighted by Gasteiger charge is -2.22. The Bertz CT molecular complexity index is 656. The summed E-state index contributed by atoms with van der Waals surface area (Å²) in [5.74, 6) is -0.336. The molecule has 1 atom stereocenters. The van der Waals surface area contributed by atoms with Crippen LogP contribution in [-0.2, 0) is 4.79 Å². The van der Waals surface area contributed by atoms with Crippen LogP contribution >= 0.6 is 0 Å². The van der Waals surface area contributed by atoms with E-state index in [1.54, 1.807) is 12.1 Å². The fourth-order valence-electron chi connectivity index (χ4n) is 2.52. The Balaban J connectivity index is 1.97. The monoisotopic (exact) mass is 314 g/mol. The van der Waals surface area contributed by atoms with Gasteiger partial charge < -0.3 is 10.6 Å². The van der Waals surface area contributed by atoms with Gasteiger partial charge >= 0.3 is 0 Å². The first-order chi connectivity index (χ1) is 11.0. The van der Waals surface area contributed by atoms with Gasteiger partial charge in [0.15, 0.2) is 0 Å². The summed E-state index contributed by atoms with van der Waals surface area (Å²) in [7, 11) is 0. The predicted octanol–water partition coefficient (Wildman–Crippen LogP) is 4.06. The molecule has 0 saturated carbocycles. The average molecular weight is 314 g/mol. The van der Waals surface area contributed by atoms with Crippen LogP contribution in [0.5, 0.6) is 0 Å². The minimum absolute atomic E-state index is 0.0739. The largest absolute Gasteiger partial charge is 0.322 e. The van der Waals surface area contributed by atoms with E-state index in [4.69, 9.17) is 0 Å². The van der Waals surface area contributed by atoms with Crippen molar-refractivity contribution in [3.8, 4) is 0 Å². The van der Waals surface area contributed by atoms with Gasteiger partial charge in [0.2, 0.25) is 5.91 Å². The van der Waals surface area contributed by atoms with E-state index in [9.17, 15) is 9.18 Å². The van der Waals surface area contributed by atoms with E-state index >= 15 is 0 Å². The first-order valence-corrected chi connectivity index (χ1v) is 7.81. The van der Waals surface area contributed by atoms with Crippen molar-refractivity contribution in [3.63, 3.8) is 0 Å². The van der Waals surface area contributed by atoms with Gasteiger partial charge in [-0.1, -0.05) is 50.2 Å². The second-order valence-electron chi connectivity index (χ2n) is 6.04. The number of nitrogens with one attached hydrogen (secondary N) is 2. The highest BCUT2D eigenvalue weighted by Gasteiger charge is 2.16. The maximum absolute atomic E-state index is 13.8. The minimum Gasteiger partial charge on any atom is -0.322 e. The number of carbonyl (C=O) groups excluding carboxylic acids is 1. The lowest BCUT2D eigenvalue weighted by molar-refractivity contribution is -0.115. The van der Waals surface area contributed by atoms with Crippen LogP contribution in [-0.4, -0.2) is 12.5 Å². The molecular formula is C19H23FN2O. The van der Waals surface area contributed by atoms with Crippen LogP contribution in [0.1, 0.15) is 31.0 Å². The molecule has 0 aromatic heterocycles. The average Bonchev–Trinajstić information content (AvgIpc) is 2.51. The standard InChI is InChI=1S/C19H23FN2O/c1-13(2)19(15-7-5-4-6-8-15)21-12-18(23)22-17-10-9-14(3)11-16(17)20/h4-11,13,19,21H,12H2,1-3H3,(H,22,23)/t19-/m0/s1. The van der Waals surface area contributed by atoms with Crippen molar-refractivity contribution in [2.45, 2.75) is 26.8 Å². The highest BCUT2D eigenvalue weighted by molar-refractivity contribution is 5.92. The van der Waals surface area contributed by atoms with E-state index in [1.165, 1.54) is 6.07 Å². The zero-order valence-corrected chi connectivity index (χ0v) is 13.8. The minimum atomic E-state index is -0.415. The Morgan fingerprint density at radius 1 is 1.13 bits per heavy atom. The fraction of sp³-hybridized carbons (Fsp3) is 0.316. The fourth-order valence-corrected chi connectivity index (χ4v) is 2.52. The van der Waals surface area contributed by atoms with E-state index in [0.29, 0.717) is 5.92 Å². The van der Waals surface area contributed by atoms with Crippen molar-refractivity contribution >= 4 is 11.6 Å². The molecule has 0 fully saturated rings. The van der Waals surface area contributed by atoms with Crippen molar-refractivity contribution in [2.75, 3.05) is 11.9 Å². The molecule has 0 radical (unpaired) electrons. The van der Waals surface area contributed by atoms with E-state index in [-0.39, 0.29) is 24.2 Å². The zero-order valence-electron chi connectivity index (χ0n) is 13.8. The number of aryl methyl sites for hydroxylation is 1. The molecule has 3 nitrogen and oxygen atoms in total. The van der Waals surface area contributed by atoms with Gasteiger partial charge in [-0.25, -0.2) is 4.39 Å². The van der Waals surface area contributed by atoms with E-state index in [2.05, 4.69) is 24.5 Å². The Hall–Kier alpha value is -2.20. The SMILES string of the molecule is Cc1ccc(NC(=O)CN[C@H](c2ccccc2)C(C)C)c(F)c1. The van der Waals surface area contributed by atoms with E-state index in [0.717, 1.165) is 11.1 Å². The van der Waals surface area contributed by atoms with Crippen LogP contribution in [0.4, 0.5) is 10.1 Å². The summed E-state index contributed by atoms with van der Waals surface area (Å²) in [4.78, 5) is 12.1. The molecule has 0 spiro atoms. The van der Waals surface area contributed by atoms with Gasteiger partial charge in [-0.05, 0) is 36.1 Å². The molecule has 0 aliphatic carbocycles. The molecule has 23 heavy (non-hydrogen) atoms. The number of amides is 1. The number of rotatable bonds is 6. The van der Waals surface area contributed by atoms with Gasteiger partial charge in [0, 0.05) is 6.04 Å². The Morgan fingerprint density at radius 2 is 1.83 bits per heavy atom. The number of carbonyl (C=O) groups is 1. The first kappa shape index (κ1) is 17.2. The van der Waals surface area contributed by atoms with Crippen molar-refractivity contribution in [3.05, 3.63) is 65.5 Å². The summed E-state index contributed by atoms with van der Waals surface area (Å²) in [5, 5.41) is 5.86. The number of halogens is 1. The molecule has 0 heterocycles. The molecule has 2 aromatic rings. The molecule has 0 aliphatic rings. The summed E-state index contributed by atoms with van der Waals surface area (Å²) in [6.45, 7) is 6.14. The molecule has 122 valence electrons. The molecule has 0 bridgehead atoms. The lowest BCUT2D eigenvalue weighted by Crippen LogP contribution is -2.33. The number of hydrogen-bond donors (Lipinski definition) is 2. The third-order valence-corrected chi connectivity index (χ3v) is 3.71. The normalized spacial score (nSPS) is 12.2. The highest BCUT2D eigenvalue weighted by Crippen LogP contribution is 2.21. The molecule has 4 heteroatoms. The molecule has 2 aromatic carbocycles. The van der Waals surface area contributed by atoms with E-state index in [1.807, 2.05) is 37.3 Å². The Kier molecular flexibility index (Phi) is 5.88. The zero-order chi connectivity index (χ0) is 16.8. The van der Waals surface area contributed by atoms with Gasteiger partial charge in [0.05, 0.1) is 12.2 Å². The molecular weight excluding hydrogens is 291 g/mol. The van der Waals surface area contributed by atoms with Gasteiger partial charge in [-0.2, -0.15) is 0 Å². The molecule has 2 rings (SSSR count). The van der Waals surface area contributed by atoms with Gasteiger partial charge in [0.1, 0.15) is 5.82 Å². The van der Waals surface area contributed by atoms with Crippen LogP contribution in [0.2, 0.25) is 0 Å². The maximum atomic E-state index is 13.8. The van der Waals surface area contributed by atoms with Crippen LogP contribution in [0.3, 0.4) is 0 Å². The number of hydrogen-bond acceptors (Lipinski definition) is 2. The van der Waals surface area contributed by atoms with Crippen molar-refractivity contribution in [2.24, 2.45) is 5.92 Å². The molecule has 1 amide bonds. The van der Waals surface area contributed by atoms with Gasteiger partial charge in [-0.15, -0.1) is 0 Å². The van der Waals surface area contributed by atoms with Gasteiger partial charge in [0.25, 0.3) is 0 Å². The smallest absolute Gasteiger partial charge is 0.238 e. The molecule has 0 aliphatic heterocycles. The summed E-state index contributed by atoms with van der Waals surface area (Å²) < 4.78 is 13.8. The summed E-state index contributed by atoms with van der Waals surface area (Å²) in [6.07, 6.45) is 0. The predicted molar refractivity (Wildman–Crippen MR) is 91.8 cm³/mol. The summed E-state index contributed by atoms with van der Waals surface area (Å²) in [6, 6.07) is 14.8. The highest BCUT2D eigenvalue weighted by atomic mass is 19.1. The Morgan fingerprint density at radius 3 is 2.43 bits per heavy atom. The van der Waals surface area contributed by atoms with Crippen LogP contribution < -0.4 is 10.6 Å². The first-order valence-electron chi connectivity index (χ1n) is 7.81. The van der Waals surface area contributed by atoms with Crippen molar-refractivity contribution in [1.82, 2.24) is 5.32 Å². The third-order valence-electron chi connectivity index (χ3n) is 3.71. The van der Waals surface area contributed by atoms with Gasteiger partial charge in [-0.3, -0.25) is 4.79 Å². The third kappa shape index (κ3) is 4.89. The van der Waals surface area contributed by atoms with Crippen molar-refractivity contribution < 1.29 is 9.18 Å². The lowest BCUT2D eigenvalue weighted by atomic mass is 9.96. The maximum Gasteiger partial charge on any atom is 0.238 e. The molecule has 0 unspecified atom stereocenters. The van der Waals surface area contributed by atoms with Crippen molar-refractivity contribution in [1.29, 1.82) is 0 Å². The Labute approximate surface area is 136 Å². The molecule has 0 saturated heterocycles. The quantitative estimate of drug-likeness (QED) is 0.844. The van der Waals surface area contributed by atoms with E-state index < -0.39 is 5.82 Å². The molecule has 2 N–H and O–H groups in total. The second kappa shape index (κ2) is 7.88. The van der Waals surface area contributed by atoms with Crippen LogP contribution in [0.15, 0.2) is 48.5 Å². The second-order valence-corrected chi connectivity index (χ2v) is 6.04. The number of anilines is 1. The van der Waals surface area contributed by atoms with Crippen LogP contribution in [0.25, 0.3) is 0 Å². The summed E-state index contributed by atoms with van der Waals surface area (Å²) in [5.41, 5.74) is 2.17. The van der Waals surface area contributed by atoms with Crippen LogP contribution in [0, 0.1) is 18.7 Å². The number of benzene rings is 2. The topological polar surface area (TPSA) is 41.1 Å². The summed E-state index contributed by atoms with van der Waals surface area (Å²) >= 11 is 0.